The van der Waals surface area contributed by atoms with Crippen molar-refractivity contribution in [3.63, 3.8) is 0 Å². The second kappa shape index (κ2) is 5.69. The van der Waals surface area contributed by atoms with Crippen LogP contribution in [0.4, 0.5) is 4.39 Å². The Balaban J connectivity index is 1.79. The van der Waals surface area contributed by atoms with Crippen LogP contribution in [0.25, 0.3) is 22.4 Å². The van der Waals surface area contributed by atoms with Crippen LogP contribution in [0.15, 0.2) is 55.2 Å². The first-order valence-electron chi connectivity index (χ1n) is 7.27. The van der Waals surface area contributed by atoms with E-state index in [0.29, 0.717) is 29.0 Å². The van der Waals surface area contributed by atoms with E-state index < -0.39 is 5.95 Å². The molecule has 7 heteroatoms. The van der Waals surface area contributed by atoms with Crippen molar-refractivity contribution in [3.05, 3.63) is 66.8 Å². The first kappa shape index (κ1) is 14.3. The molecule has 0 aliphatic rings. The van der Waals surface area contributed by atoms with Crippen molar-refractivity contribution < 1.29 is 9.50 Å². The molecule has 0 aliphatic heterocycles. The molecule has 0 unspecified atom stereocenters. The van der Waals surface area contributed by atoms with E-state index in [2.05, 4.69) is 19.9 Å². The zero-order valence-electron chi connectivity index (χ0n) is 12.5. The maximum Gasteiger partial charge on any atom is 0.222 e. The van der Waals surface area contributed by atoms with E-state index in [4.69, 9.17) is 0 Å². The Bertz CT molecular complexity index is 1010. The highest BCUT2D eigenvalue weighted by Crippen LogP contribution is 2.25. The highest BCUT2D eigenvalue weighted by atomic mass is 19.1. The van der Waals surface area contributed by atoms with Crippen molar-refractivity contribution in [2.45, 2.75) is 6.54 Å². The van der Waals surface area contributed by atoms with Crippen molar-refractivity contribution in [1.29, 1.82) is 0 Å². The fourth-order valence-corrected chi connectivity index (χ4v) is 2.55. The summed E-state index contributed by atoms with van der Waals surface area (Å²) in [5.41, 5.74) is 2.81. The molecule has 1 N–H and O–H groups in total. The van der Waals surface area contributed by atoms with Crippen molar-refractivity contribution in [2.24, 2.45) is 0 Å². The Morgan fingerprint density at radius 2 is 1.83 bits per heavy atom. The lowest BCUT2D eigenvalue weighted by Gasteiger charge is -2.05. The Kier molecular flexibility index (Phi) is 3.38. The van der Waals surface area contributed by atoms with Crippen molar-refractivity contribution >= 4 is 11.2 Å². The van der Waals surface area contributed by atoms with E-state index in [9.17, 15) is 9.50 Å². The average Bonchev–Trinajstić information content (AvgIpc) is 3.01. The first-order chi connectivity index (χ1) is 11.7. The number of halogens is 1. The summed E-state index contributed by atoms with van der Waals surface area (Å²) in [5, 5.41) is 9.36. The van der Waals surface area contributed by atoms with Gasteiger partial charge in [0.1, 0.15) is 23.3 Å². The maximum atomic E-state index is 14.0. The van der Waals surface area contributed by atoms with Gasteiger partial charge in [0.25, 0.3) is 0 Å². The van der Waals surface area contributed by atoms with Gasteiger partial charge in [0, 0.05) is 6.20 Å². The number of imidazole rings is 1. The van der Waals surface area contributed by atoms with E-state index in [0.717, 1.165) is 5.56 Å². The predicted octanol–water partition coefficient (Wildman–Crippen LogP) is 2.78. The van der Waals surface area contributed by atoms with Gasteiger partial charge in [0.05, 0.1) is 18.4 Å². The molecule has 0 atom stereocenters. The van der Waals surface area contributed by atoms with Crippen LogP contribution in [-0.2, 0) is 6.54 Å². The number of benzene rings is 1. The molecule has 0 saturated carbocycles. The molecule has 0 fully saturated rings. The van der Waals surface area contributed by atoms with Gasteiger partial charge in [-0.25, -0.2) is 19.9 Å². The molecular weight excluding hydrogens is 309 g/mol. The number of phenolic OH excluding ortho intramolecular Hbond substituents is 1. The van der Waals surface area contributed by atoms with E-state index in [1.165, 1.54) is 12.5 Å². The quantitative estimate of drug-likeness (QED) is 0.587. The monoisotopic (exact) mass is 321 g/mol. The summed E-state index contributed by atoms with van der Waals surface area (Å²) in [7, 11) is 0. The third kappa shape index (κ3) is 2.45. The van der Waals surface area contributed by atoms with Crippen LogP contribution in [0.2, 0.25) is 0 Å². The van der Waals surface area contributed by atoms with Gasteiger partial charge in [0.15, 0.2) is 5.65 Å². The molecule has 0 bridgehead atoms. The SMILES string of the molecule is Oc1ccc(Cn2cnc3c(-c4cccnc4F)ncnc32)cc1. The van der Waals surface area contributed by atoms with Gasteiger partial charge >= 0.3 is 0 Å². The average molecular weight is 321 g/mol. The molecule has 6 nitrogen and oxygen atoms in total. The lowest BCUT2D eigenvalue weighted by atomic mass is 10.2. The number of aromatic hydroxyl groups is 1. The van der Waals surface area contributed by atoms with E-state index in [1.807, 2.05) is 16.7 Å². The molecule has 118 valence electrons. The molecule has 4 aromatic rings. The van der Waals surface area contributed by atoms with Gasteiger partial charge in [-0.2, -0.15) is 4.39 Å². The first-order valence-corrected chi connectivity index (χ1v) is 7.27. The number of rotatable bonds is 3. The number of hydrogen-bond acceptors (Lipinski definition) is 5. The van der Waals surface area contributed by atoms with Crippen LogP contribution in [0.5, 0.6) is 5.75 Å². The standard InChI is InChI=1S/C17H12FN5O/c18-16-13(2-1-7-19-16)14-15-17(21-9-20-14)23(10-22-15)8-11-3-5-12(24)6-4-11/h1-7,9-10,24H,8H2. The van der Waals surface area contributed by atoms with Crippen LogP contribution in [0, 0.1) is 5.95 Å². The number of phenols is 1. The zero-order chi connectivity index (χ0) is 16.5. The summed E-state index contributed by atoms with van der Waals surface area (Å²) in [5.74, 6) is -0.378. The molecule has 0 radical (unpaired) electrons. The fourth-order valence-electron chi connectivity index (χ4n) is 2.55. The van der Waals surface area contributed by atoms with Gasteiger partial charge in [-0.1, -0.05) is 12.1 Å². The van der Waals surface area contributed by atoms with Crippen molar-refractivity contribution in [2.75, 3.05) is 0 Å². The van der Waals surface area contributed by atoms with Crippen LogP contribution in [-0.4, -0.2) is 29.6 Å². The summed E-state index contributed by atoms with van der Waals surface area (Å²) >= 11 is 0. The van der Waals surface area contributed by atoms with E-state index in [-0.39, 0.29) is 5.75 Å². The normalized spacial score (nSPS) is 11.0. The lowest BCUT2D eigenvalue weighted by molar-refractivity contribution is 0.475. The molecule has 0 saturated heterocycles. The summed E-state index contributed by atoms with van der Waals surface area (Å²) < 4.78 is 15.8. The molecule has 0 spiro atoms. The van der Waals surface area contributed by atoms with Gasteiger partial charge in [-0.05, 0) is 29.8 Å². The summed E-state index contributed by atoms with van der Waals surface area (Å²) in [6.45, 7) is 0.531. The van der Waals surface area contributed by atoms with E-state index >= 15 is 0 Å². The second-order valence-corrected chi connectivity index (χ2v) is 5.28. The number of aromatic nitrogens is 5. The number of nitrogens with zero attached hydrogens (tertiary/aromatic N) is 5. The largest absolute Gasteiger partial charge is 0.508 e. The van der Waals surface area contributed by atoms with E-state index in [1.54, 1.807) is 30.6 Å². The Hall–Kier alpha value is -3.35. The van der Waals surface area contributed by atoms with Crippen LogP contribution in [0.1, 0.15) is 5.56 Å². The molecule has 24 heavy (non-hydrogen) atoms. The number of hydrogen-bond donors (Lipinski definition) is 1. The van der Waals surface area contributed by atoms with Crippen molar-refractivity contribution in [3.8, 4) is 17.0 Å². The Morgan fingerprint density at radius 3 is 2.62 bits per heavy atom. The Labute approximate surface area is 136 Å². The minimum atomic E-state index is -0.592. The highest BCUT2D eigenvalue weighted by molar-refractivity contribution is 5.86. The molecule has 0 amide bonds. The number of fused-ring (bicyclic) bond motifs is 1. The van der Waals surface area contributed by atoms with Crippen LogP contribution < -0.4 is 0 Å². The molecular formula is C17H12FN5O. The highest BCUT2D eigenvalue weighted by Gasteiger charge is 2.15. The summed E-state index contributed by atoms with van der Waals surface area (Å²) in [6, 6.07) is 10.2. The maximum absolute atomic E-state index is 14.0. The number of pyridine rings is 1. The lowest BCUT2D eigenvalue weighted by Crippen LogP contribution is -2.00. The second-order valence-electron chi connectivity index (χ2n) is 5.28. The van der Waals surface area contributed by atoms with Crippen LogP contribution in [0.3, 0.4) is 0 Å². The summed E-state index contributed by atoms with van der Waals surface area (Å²) in [4.78, 5) is 16.4. The van der Waals surface area contributed by atoms with Gasteiger partial charge in [-0.3, -0.25) is 0 Å². The molecule has 0 aliphatic carbocycles. The Morgan fingerprint density at radius 1 is 1.00 bits per heavy atom. The fraction of sp³-hybridized carbons (Fsp3) is 0.0588. The van der Waals surface area contributed by atoms with Crippen molar-refractivity contribution in [1.82, 2.24) is 24.5 Å². The third-order valence-electron chi connectivity index (χ3n) is 3.70. The third-order valence-corrected chi connectivity index (χ3v) is 3.70. The smallest absolute Gasteiger partial charge is 0.222 e. The zero-order valence-corrected chi connectivity index (χ0v) is 12.5. The summed E-state index contributed by atoms with van der Waals surface area (Å²) in [6.07, 6.45) is 4.42. The predicted molar refractivity (Wildman–Crippen MR) is 85.7 cm³/mol. The molecule has 3 heterocycles. The minimum absolute atomic E-state index is 0.214. The molecule has 4 rings (SSSR count). The minimum Gasteiger partial charge on any atom is -0.508 e. The molecule has 3 aromatic heterocycles. The van der Waals surface area contributed by atoms with Gasteiger partial charge in [0.2, 0.25) is 5.95 Å². The molecule has 1 aromatic carbocycles. The van der Waals surface area contributed by atoms with Gasteiger partial charge in [-0.15, -0.1) is 0 Å². The van der Waals surface area contributed by atoms with Gasteiger partial charge < -0.3 is 9.67 Å². The van der Waals surface area contributed by atoms with Crippen LogP contribution >= 0.6 is 0 Å². The topological polar surface area (TPSA) is 76.7 Å².